The third-order valence-corrected chi connectivity index (χ3v) is 2.68. The molecule has 1 unspecified atom stereocenters. The summed E-state index contributed by atoms with van der Waals surface area (Å²) in [7, 11) is 5.73. The van der Waals surface area contributed by atoms with Crippen molar-refractivity contribution in [3.63, 3.8) is 0 Å². The number of benzene rings is 1. The normalized spacial score (nSPS) is 18.8. The lowest BCUT2D eigenvalue weighted by Crippen LogP contribution is -2.39. The summed E-state index contributed by atoms with van der Waals surface area (Å²) in [5.41, 5.74) is 1.34. The zero-order valence-electron chi connectivity index (χ0n) is 9.31. The van der Waals surface area contributed by atoms with Crippen molar-refractivity contribution in [2.24, 2.45) is 0 Å². The molecule has 1 fully saturated rings. The molecule has 4 nitrogen and oxygen atoms in total. The zero-order chi connectivity index (χ0) is 12.3. The quantitative estimate of drug-likeness (QED) is 0.559. The Morgan fingerprint density at radius 2 is 2.24 bits per heavy atom. The van der Waals surface area contributed by atoms with Crippen molar-refractivity contribution in [3.8, 4) is 0 Å². The highest BCUT2D eigenvalue weighted by atomic mass is 16.5. The third kappa shape index (κ3) is 2.87. The lowest BCUT2D eigenvalue weighted by molar-refractivity contribution is -0.141. The molecular formula is C12H12BNO3. The lowest BCUT2D eigenvalue weighted by Gasteiger charge is -2.10. The standard InChI is InChI=1S/C12H12BNO3/c13-9-4-2-1-3-8(9)7-11(15)14-10-5-6-17-12(10)16/h1-4,10H,5-7H2,(H,14,15). The number of hydrogen-bond acceptors (Lipinski definition) is 3. The van der Waals surface area contributed by atoms with Gasteiger partial charge in [0, 0.05) is 6.42 Å². The van der Waals surface area contributed by atoms with Crippen LogP contribution in [0.3, 0.4) is 0 Å². The second-order valence-corrected chi connectivity index (χ2v) is 3.95. The van der Waals surface area contributed by atoms with Gasteiger partial charge in [0.05, 0.1) is 13.0 Å². The summed E-state index contributed by atoms with van der Waals surface area (Å²) < 4.78 is 4.76. The van der Waals surface area contributed by atoms with Crippen LogP contribution in [0.4, 0.5) is 0 Å². The highest BCUT2D eigenvalue weighted by molar-refractivity contribution is 6.33. The van der Waals surface area contributed by atoms with Crippen LogP contribution in [0.2, 0.25) is 0 Å². The largest absolute Gasteiger partial charge is 0.464 e. The van der Waals surface area contributed by atoms with Crippen molar-refractivity contribution >= 4 is 25.2 Å². The first kappa shape index (κ1) is 11.7. The van der Waals surface area contributed by atoms with Crippen LogP contribution in [-0.2, 0) is 20.7 Å². The van der Waals surface area contributed by atoms with Gasteiger partial charge in [-0.25, -0.2) is 4.79 Å². The predicted octanol–water partition coefficient (Wildman–Crippen LogP) is -0.545. The van der Waals surface area contributed by atoms with Gasteiger partial charge in [-0.15, -0.1) is 0 Å². The average molecular weight is 229 g/mol. The van der Waals surface area contributed by atoms with Gasteiger partial charge in [-0.3, -0.25) is 4.79 Å². The Kier molecular flexibility index (Phi) is 3.47. The Labute approximate surface area is 101 Å². The molecular weight excluding hydrogens is 217 g/mol. The number of esters is 1. The number of ether oxygens (including phenoxy) is 1. The first-order valence-electron chi connectivity index (χ1n) is 5.46. The SMILES string of the molecule is [B]c1ccccc1CC(=O)NC1CCOC1=O. The minimum absolute atomic E-state index is 0.177. The maximum absolute atomic E-state index is 11.7. The predicted molar refractivity (Wildman–Crippen MR) is 63.0 cm³/mol. The van der Waals surface area contributed by atoms with Gasteiger partial charge in [0.2, 0.25) is 5.91 Å². The van der Waals surface area contributed by atoms with Crippen LogP contribution < -0.4 is 10.8 Å². The number of nitrogens with one attached hydrogen (secondary N) is 1. The molecule has 0 aromatic heterocycles. The van der Waals surface area contributed by atoms with Crippen molar-refractivity contribution in [1.82, 2.24) is 5.32 Å². The van der Waals surface area contributed by atoms with Crippen LogP contribution in [0.25, 0.3) is 0 Å². The van der Waals surface area contributed by atoms with Crippen LogP contribution in [0.1, 0.15) is 12.0 Å². The number of amides is 1. The van der Waals surface area contributed by atoms with Gasteiger partial charge < -0.3 is 10.1 Å². The van der Waals surface area contributed by atoms with E-state index in [9.17, 15) is 9.59 Å². The Hall–Kier alpha value is -1.78. The molecule has 5 heteroatoms. The molecule has 1 atom stereocenters. The van der Waals surface area contributed by atoms with Gasteiger partial charge in [0.25, 0.3) is 0 Å². The monoisotopic (exact) mass is 229 g/mol. The van der Waals surface area contributed by atoms with E-state index in [1.54, 1.807) is 12.1 Å². The van der Waals surface area contributed by atoms with Gasteiger partial charge in [0.1, 0.15) is 13.9 Å². The summed E-state index contributed by atoms with van der Waals surface area (Å²) >= 11 is 0. The number of rotatable bonds is 3. The molecule has 2 radical (unpaired) electrons. The minimum Gasteiger partial charge on any atom is -0.464 e. The molecule has 1 saturated heterocycles. The molecule has 1 aromatic carbocycles. The van der Waals surface area contributed by atoms with Gasteiger partial charge in [-0.05, 0) is 5.56 Å². The number of hydrogen-bond donors (Lipinski definition) is 1. The van der Waals surface area contributed by atoms with Gasteiger partial charge in [-0.2, -0.15) is 0 Å². The fourth-order valence-electron chi connectivity index (χ4n) is 1.74. The van der Waals surface area contributed by atoms with Crippen molar-refractivity contribution in [3.05, 3.63) is 29.8 Å². The average Bonchev–Trinajstić information content (AvgIpc) is 2.68. The first-order valence-corrected chi connectivity index (χ1v) is 5.46. The van der Waals surface area contributed by atoms with Gasteiger partial charge in [0.15, 0.2) is 0 Å². The summed E-state index contributed by atoms with van der Waals surface area (Å²) in [4.78, 5) is 22.9. The van der Waals surface area contributed by atoms with E-state index in [0.29, 0.717) is 18.5 Å². The van der Waals surface area contributed by atoms with E-state index in [-0.39, 0.29) is 18.3 Å². The van der Waals surface area contributed by atoms with Crippen molar-refractivity contribution in [2.75, 3.05) is 6.61 Å². The molecule has 86 valence electrons. The van der Waals surface area contributed by atoms with Crippen LogP contribution in [0.15, 0.2) is 24.3 Å². The van der Waals surface area contributed by atoms with E-state index >= 15 is 0 Å². The number of carbonyl (C=O) groups is 2. The van der Waals surface area contributed by atoms with Crippen molar-refractivity contribution in [2.45, 2.75) is 18.9 Å². The number of carbonyl (C=O) groups excluding carboxylic acids is 2. The fourth-order valence-corrected chi connectivity index (χ4v) is 1.74. The Morgan fingerprint density at radius 1 is 1.47 bits per heavy atom. The summed E-state index contributed by atoms with van der Waals surface area (Å²) in [5, 5.41) is 2.64. The van der Waals surface area contributed by atoms with Crippen LogP contribution in [-0.4, -0.2) is 32.4 Å². The summed E-state index contributed by atoms with van der Waals surface area (Å²) in [6, 6.07) is 6.66. The van der Waals surface area contributed by atoms with Crippen LogP contribution >= 0.6 is 0 Å². The molecule has 17 heavy (non-hydrogen) atoms. The second-order valence-electron chi connectivity index (χ2n) is 3.95. The lowest BCUT2D eigenvalue weighted by atomic mass is 9.89. The van der Waals surface area contributed by atoms with Crippen molar-refractivity contribution < 1.29 is 14.3 Å². The maximum Gasteiger partial charge on any atom is 0.328 e. The second kappa shape index (κ2) is 5.04. The van der Waals surface area contributed by atoms with Gasteiger partial charge >= 0.3 is 5.97 Å². The summed E-state index contributed by atoms with van der Waals surface area (Å²) in [5.74, 6) is -0.578. The number of cyclic esters (lactones) is 1. The third-order valence-electron chi connectivity index (χ3n) is 2.68. The minimum atomic E-state index is -0.507. The summed E-state index contributed by atoms with van der Waals surface area (Å²) in [6.07, 6.45) is 0.714. The zero-order valence-corrected chi connectivity index (χ0v) is 9.31. The molecule has 0 saturated carbocycles. The van der Waals surface area contributed by atoms with E-state index in [2.05, 4.69) is 5.32 Å². The molecule has 1 amide bonds. The van der Waals surface area contributed by atoms with Crippen LogP contribution in [0.5, 0.6) is 0 Å². The summed E-state index contributed by atoms with van der Waals surface area (Å²) in [6.45, 7) is 0.372. The first-order chi connectivity index (χ1) is 8.16. The molecule has 1 N–H and O–H groups in total. The van der Waals surface area contributed by atoms with E-state index in [0.717, 1.165) is 5.56 Å². The Balaban J connectivity index is 1.93. The Morgan fingerprint density at radius 3 is 2.88 bits per heavy atom. The maximum atomic E-state index is 11.7. The van der Waals surface area contributed by atoms with Crippen LogP contribution in [0, 0.1) is 0 Å². The molecule has 1 heterocycles. The van der Waals surface area contributed by atoms with Gasteiger partial charge in [-0.1, -0.05) is 29.7 Å². The molecule has 2 rings (SSSR count). The highest BCUT2D eigenvalue weighted by Gasteiger charge is 2.27. The molecule has 1 aromatic rings. The van der Waals surface area contributed by atoms with Crippen molar-refractivity contribution in [1.29, 1.82) is 0 Å². The molecule has 1 aliphatic heterocycles. The van der Waals surface area contributed by atoms with E-state index in [1.807, 2.05) is 12.1 Å². The van der Waals surface area contributed by atoms with E-state index in [1.165, 1.54) is 0 Å². The molecule has 0 spiro atoms. The highest BCUT2D eigenvalue weighted by Crippen LogP contribution is 2.06. The van der Waals surface area contributed by atoms with E-state index < -0.39 is 6.04 Å². The van der Waals surface area contributed by atoms with E-state index in [4.69, 9.17) is 12.6 Å². The molecule has 0 bridgehead atoms. The Bertz CT molecular complexity index is 447. The fraction of sp³-hybridized carbons (Fsp3) is 0.333. The topological polar surface area (TPSA) is 55.4 Å². The smallest absolute Gasteiger partial charge is 0.328 e. The molecule has 1 aliphatic rings. The molecule has 0 aliphatic carbocycles.